The Labute approximate surface area is 662 Å². The molecular weight excluding hydrogens is 1540 g/mol. The molecule has 3 aliphatic rings. The minimum absolute atomic E-state index is 0.0709. The van der Waals surface area contributed by atoms with E-state index in [1.165, 1.54) is 30.3 Å². The highest BCUT2D eigenvalue weighted by Gasteiger charge is 2.41. The fourth-order valence-electron chi connectivity index (χ4n) is 11.3. The summed E-state index contributed by atoms with van der Waals surface area (Å²) in [7, 11) is 0. The molecule has 0 saturated carbocycles. The maximum Gasteiger partial charge on any atom is 0.407 e. The van der Waals surface area contributed by atoms with Crippen LogP contribution in [0.3, 0.4) is 0 Å². The number of nitrogens with two attached hydrogens (primary N) is 2. The number of ether oxygens (including phenoxy) is 3. The Morgan fingerprint density at radius 3 is 1.82 bits per heavy atom. The Balaban J connectivity index is 1.92. The van der Waals surface area contributed by atoms with Crippen LogP contribution in [0, 0.1) is 11.8 Å². The number of para-hydroxylation sites is 1. The van der Waals surface area contributed by atoms with E-state index in [9.17, 15) is 121 Å². The van der Waals surface area contributed by atoms with Gasteiger partial charge in [0.25, 0.3) is 0 Å². The summed E-state index contributed by atoms with van der Waals surface area (Å²) in [5.41, 5.74) is 11.7. The van der Waals surface area contributed by atoms with Gasteiger partial charge in [0.15, 0.2) is 5.78 Å². The van der Waals surface area contributed by atoms with Gasteiger partial charge in [0.1, 0.15) is 78.7 Å². The summed E-state index contributed by atoms with van der Waals surface area (Å²) in [4.78, 5) is 273. The Morgan fingerprint density at radius 1 is 0.638 bits per heavy atom. The molecule has 14 amide bonds. The van der Waals surface area contributed by atoms with E-state index in [1.807, 2.05) is 28.1 Å². The van der Waals surface area contributed by atoms with E-state index in [1.54, 1.807) is 39.1 Å². The Hall–Kier alpha value is -13.1. The van der Waals surface area contributed by atoms with Crippen LogP contribution >= 0.6 is 0 Å². The molecule has 45 nitrogen and oxygen atoms in total. The first-order valence-electron chi connectivity index (χ1n) is 36.2. The highest BCUT2D eigenvalue weighted by atomic mass is 16.6. The number of nitrogens with one attached hydrogen (secondary N) is 15. The summed E-state index contributed by atoms with van der Waals surface area (Å²) < 4.78 is 15.9. The van der Waals surface area contributed by atoms with E-state index in [0.717, 1.165) is 20.8 Å². The minimum atomic E-state index is -2.45. The molecule has 0 spiro atoms. The number of ketones is 1. The van der Waals surface area contributed by atoms with Crippen molar-refractivity contribution in [1.82, 2.24) is 79.8 Å². The predicted octanol–water partition coefficient (Wildman–Crippen LogP) is -6.66. The number of allylic oxidation sites excluding steroid dienone is 2. The van der Waals surface area contributed by atoms with Crippen LogP contribution < -0.4 is 91.2 Å². The zero-order valence-corrected chi connectivity index (χ0v) is 64.0. The summed E-state index contributed by atoms with van der Waals surface area (Å²) in [5.74, 6) is -28.1. The summed E-state index contributed by atoms with van der Waals surface area (Å²) in [5, 5.41) is 83.6. The van der Waals surface area contributed by atoms with Gasteiger partial charge in [0.05, 0.1) is 57.5 Å². The van der Waals surface area contributed by atoms with Crippen molar-refractivity contribution in [1.29, 1.82) is 0 Å². The number of aliphatic carboxylic acids is 4. The molecule has 1 aliphatic carbocycles. The number of cyclic esters (lactones) is 1. The van der Waals surface area contributed by atoms with Gasteiger partial charge in [-0.3, -0.25) is 81.5 Å². The number of carboxylic acids is 4. The molecule has 2 aliphatic heterocycles. The molecule has 15 atom stereocenters. The molecule has 3 unspecified atom stereocenters. The average Bonchev–Trinajstić information content (AvgIpc) is 1.75. The van der Waals surface area contributed by atoms with Crippen LogP contribution in [0.1, 0.15) is 110 Å². The first-order chi connectivity index (χ1) is 54.5. The van der Waals surface area contributed by atoms with Crippen LogP contribution in [0.4, 0.5) is 15.3 Å². The third kappa shape index (κ3) is 32.5. The van der Waals surface area contributed by atoms with Gasteiger partial charge in [-0.05, 0) is 90.1 Å². The summed E-state index contributed by atoms with van der Waals surface area (Å²) in [6.07, 6.45) is -1.31. The van der Waals surface area contributed by atoms with E-state index < -0.39 is 274 Å². The second kappa shape index (κ2) is 46.2. The number of aliphatic hydroxyl groups excluding tert-OH is 1. The van der Waals surface area contributed by atoms with Crippen LogP contribution in [-0.4, -0.2) is 268 Å². The summed E-state index contributed by atoms with van der Waals surface area (Å²) in [6, 6.07) is -17.5. The topological polar surface area (TPSA) is 703 Å². The molecule has 1 saturated heterocycles. The van der Waals surface area contributed by atoms with Crippen molar-refractivity contribution in [3.8, 4) is 0 Å². The monoisotopic (exact) mass is 1640 g/mol. The quantitative estimate of drug-likeness (QED) is 0.00850. The van der Waals surface area contributed by atoms with Crippen LogP contribution in [0.2, 0.25) is 0 Å². The number of carbonyl (C=O) groups excluding carboxylic acids is 16. The van der Waals surface area contributed by atoms with Crippen LogP contribution in [0.25, 0.3) is 0 Å². The maximum absolute atomic E-state index is 14.9. The lowest BCUT2D eigenvalue weighted by Gasteiger charge is -2.30. The molecule has 4 rings (SSSR count). The molecule has 1 fully saturated rings. The molecule has 2 heterocycles. The molecule has 24 N–H and O–H groups in total. The molecule has 1 aromatic carbocycles. The average molecular weight is 1640 g/mol. The van der Waals surface area contributed by atoms with E-state index in [4.69, 9.17) is 25.7 Å². The number of hydrogen-bond acceptors (Lipinski definition) is 27. The Kier molecular flexibility index (Phi) is 37.9. The number of rotatable bonds is 30. The van der Waals surface area contributed by atoms with Crippen molar-refractivity contribution in [2.24, 2.45) is 17.6 Å². The van der Waals surface area contributed by atoms with Crippen molar-refractivity contribution in [3.05, 3.63) is 78.6 Å². The number of nitrogen functional groups attached to an aromatic ring is 1. The molecule has 0 bridgehead atoms. The number of aliphatic hydroxyl groups is 1. The van der Waals surface area contributed by atoms with Crippen LogP contribution in [-0.2, 0) is 95.7 Å². The second-order valence-corrected chi connectivity index (χ2v) is 27.8. The maximum atomic E-state index is 14.9. The zero-order chi connectivity index (χ0) is 86.8. The van der Waals surface area contributed by atoms with Crippen molar-refractivity contribution in [2.45, 2.75) is 184 Å². The van der Waals surface area contributed by atoms with E-state index in [-0.39, 0.29) is 49.2 Å². The van der Waals surface area contributed by atoms with Crippen molar-refractivity contribution in [3.63, 3.8) is 0 Å². The van der Waals surface area contributed by atoms with Crippen LogP contribution in [0.5, 0.6) is 0 Å². The molecule has 1 aromatic rings. The fourth-order valence-corrected chi connectivity index (χ4v) is 11.3. The number of esters is 1. The Bertz CT molecular complexity index is 3950. The third-order valence-corrected chi connectivity index (χ3v) is 17.2. The van der Waals surface area contributed by atoms with E-state index in [0.29, 0.717) is 5.57 Å². The van der Waals surface area contributed by atoms with Gasteiger partial charge >= 0.3 is 42.0 Å². The van der Waals surface area contributed by atoms with Crippen molar-refractivity contribution < 1.29 is 136 Å². The van der Waals surface area contributed by atoms with Crippen molar-refractivity contribution >= 4 is 124 Å². The number of benzene rings is 1. The minimum Gasteiger partial charge on any atom is -0.481 e. The predicted molar refractivity (Wildman–Crippen MR) is 399 cm³/mol. The van der Waals surface area contributed by atoms with E-state index in [2.05, 4.69) is 70.4 Å². The van der Waals surface area contributed by atoms with Crippen molar-refractivity contribution in [2.75, 3.05) is 45.1 Å². The van der Waals surface area contributed by atoms with Crippen LogP contribution in [0.15, 0.2) is 73.0 Å². The first kappa shape index (κ1) is 95.3. The molecule has 45 heteroatoms. The number of hydrogen-bond donors (Lipinski definition) is 22. The lowest BCUT2D eigenvalue weighted by Crippen LogP contribution is -2.61. The first-order valence-corrected chi connectivity index (χ1v) is 36.2. The molecule has 116 heavy (non-hydrogen) atoms. The standard InChI is InChI=1S/C71H99N17O28/c1-8-22-114-69(112)74-20-13-18-42-61(104)84-45(27-54(97)98)63(106)79-34(3)58(101)83-44(26-53(95)96)60(103)77-30-51(92)81-48(32-89)65(108)87-56(33(2)23-52(93)94)67(110)86-47(25-49(90)38-15-9-11-16-39(38)72)68(111)115-35(4)57(66(109)78-31-50(91)80-42)88-64(107)46(28-55(99)100)85-62(105)43(19-21-75-70(113)116-71(5,6)7)82-59(102)40(73)24-36-29-76-41-17-12-10-14-37(36)41/h8-12,14-17,29,33-35,37,40-48,56-57,76,89H,1,13,18-28,30-32,72-73H2,2-7H3,(H,74,112)(H,75,113)(H,77,103)(H,78,109)(H,79,106)(H,80,91)(H,81,92)(H,82,102)(H,83,101)(H,84,104)(H,85,105)(H,86,110)(H,87,108)(H,88,107)(H,93,94)(H,95,96)(H,97,98)(H,99,100)/t33?,34-,35-,37?,40+,41?,42+,43-,44+,45+,46+,47+,48-,56+,57+/m1/s1. The van der Waals surface area contributed by atoms with Gasteiger partial charge in [-0.25, -0.2) is 14.4 Å². The zero-order valence-electron chi connectivity index (χ0n) is 64.0. The highest BCUT2D eigenvalue weighted by Crippen LogP contribution is 2.29. The number of fused-ring (bicyclic) bond motifs is 1. The largest absolute Gasteiger partial charge is 0.481 e. The molecular formula is C71H99N17O28. The van der Waals surface area contributed by atoms with Gasteiger partial charge in [-0.2, -0.15) is 0 Å². The number of carboxylic acid groups (broad SMARTS) is 4. The van der Waals surface area contributed by atoms with Gasteiger partial charge < -0.3 is 131 Å². The van der Waals surface area contributed by atoms with E-state index >= 15 is 0 Å². The SMILES string of the molecule is C=CCOC(=O)NCCC[C@@H]1NC(=O)CNC(=O)[C@@H](NC(=O)[C@H](CC(=O)O)NC(=O)[C@@H](CCNC(=O)OC(C)(C)C)NC(=O)[C@@H](N)CC2=CNC3C=CC=CC23)[C@@H](C)OC(=O)[C@H](CC(=O)c2ccccc2N)NC(=O)[C@H](C(C)CC(=O)O)NC(=O)[C@@H](CO)NC(=O)CNC(=O)[C@H](CC(=O)O)NC(=O)[C@@H](C)NC(=O)[C@H](CC(=O)O)NC1=O. The lowest BCUT2D eigenvalue weighted by molar-refractivity contribution is -0.156. The van der Waals surface area contributed by atoms with Gasteiger partial charge in [-0.15, -0.1) is 0 Å². The lowest BCUT2D eigenvalue weighted by atomic mass is 9.88. The summed E-state index contributed by atoms with van der Waals surface area (Å²) in [6.45, 7) is 6.18. The van der Waals surface area contributed by atoms with Gasteiger partial charge in [0, 0.05) is 36.7 Å². The number of anilines is 1. The number of carbonyl (C=O) groups is 20. The fraction of sp³-hybridized carbons (Fsp3) is 0.521. The number of alkyl carbamates (subject to hydrolysis) is 2. The molecule has 0 radical (unpaired) electrons. The second-order valence-electron chi connectivity index (χ2n) is 27.8. The summed E-state index contributed by atoms with van der Waals surface area (Å²) >= 11 is 0. The smallest absolute Gasteiger partial charge is 0.407 e. The highest BCUT2D eigenvalue weighted by molar-refractivity contribution is 6.05. The third-order valence-electron chi connectivity index (χ3n) is 17.2. The van der Waals surface area contributed by atoms with Gasteiger partial charge in [0.2, 0.25) is 70.9 Å². The molecule has 636 valence electrons. The molecule has 0 aromatic heterocycles. The van der Waals surface area contributed by atoms with Gasteiger partial charge in [-0.1, -0.05) is 56.0 Å². The number of Topliss-reactive ketones (excluding diaryl/α,β-unsaturated/α-hetero) is 1. The number of amides is 14. The Morgan fingerprint density at radius 2 is 1.21 bits per heavy atom. The normalized spacial score (nSPS) is 23.2.